The fraction of sp³-hybridized carbons (Fsp3) is 0.357. The van der Waals surface area contributed by atoms with Gasteiger partial charge in [0.15, 0.2) is 11.5 Å². The molecular formula is C14H15O2Y-. The van der Waals surface area contributed by atoms with E-state index in [1.807, 2.05) is 12.1 Å². The Kier molecular flexibility index (Phi) is 3.65. The number of rotatable bonds is 1. The Hall–Kier alpha value is -0.336. The van der Waals surface area contributed by atoms with Crippen molar-refractivity contribution in [3.63, 3.8) is 0 Å². The molecule has 0 bridgehead atoms. The van der Waals surface area contributed by atoms with E-state index in [1.165, 1.54) is 0 Å². The van der Waals surface area contributed by atoms with Crippen LogP contribution < -0.4 is 9.47 Å². The van der Waals surface area contributed by atoms with Crippen molar-refractivity contribution in [2.45, 2.75) is 24.4 Å². The van der Waals surface area contributed by atoms with Gasteiger partial charge in [-0.2, -0.15) is 0 Å². The van der Waals surface area contributed by atoms with Crippen molar-refractivity contribution in [2.24, 2.45) is 0 Å². The third-order valence-corrected chi connectivity index (χ3v) is 3.55. The van der Waals surface area contributed by atoms with E-state index in [-0.39, 0.29) is 44.2 Å². The van der Waals surface area contributed by atoms with Crippen molar-refractivity contribution in [2.75, 3.05) is 7.11 Å². The van der Waals surface area contributed by atoms with Crippen LogP contribution in [0, 0.1) is 6.92 Å². The molecule has 3 rings (SSSR count). The van der Waals surface area contributed by atoms with Crippen LogP contribution in [0.15, 0.2) is 30.4 Å². The average Bonchev–Trinajstić information content (AvgIpc) is 2.62. The molecule has 2 atom stereocenters. The van der Waals surface area contributed by atoms with E-state index in [1.54, 1.807) is 7.11 Å². The molecule has 0 fully saturated rings. The van der Waals surface area contributed by atoms with Gasteiger partial charge in [-0.3, -0.25) is 0 Å². The monoisotopic (exact) mass is 304 g/mol. The molecule has 2 aliphatic rings. The van der Waals surface area contributed by atoms with Gasteiger partial charge in [0.1, 0.15) is 0 Å². The number of fused-ring (bicyclic) bond motifs is 3. The summed E-state index contributed by atoms with van der Waals surface area (Å²) in [6, 6.07) is 6.02. The van der Waals surface area contributed by atoms with Crippen LogP contribution in [0.25, 0.3) is 0 Å². The number of para-hydroxylation sites is 1. The summed E-state index contributed by atoms with van der Waals surface area (Å²) < 4.78 is 11.3. The molecule has 1 aromatic carbocycles. The quantitative estimate of drug-likeness (QED) is 0.587. The zero-order chi connectivity index (χ0) is 11.2. The summed E-state index contributed by atoms with van der Waals surface area (Å²) >= 11 is 0. The molecule has 0 spiro atoms. The molecule has 2 nitrogen and oxygen atoms in total. The van der Waals surface area contributed by atoms with Gasteiger partial charge in [0.2, 0.25) is 0 Å². The van der Waals surface area contributed by atoms with Crippen LogP contribution in [0.4, 0.5) is 0 Å². The van der Waals surface area contributed by atoms with E-state index in [2.05, 4.69) is 25.1 Å². The Morgan fingerprint density at radius 1 is 1.47 bits per heavy atom. The molecular weight excluding hydrogens is 289 g/mol. The van der Waals surface area contributed by atoms with Crippen LogP contribution in [0.3, 0.4) is 0 Å². The van der Waals surface area contributed by atoms with Crippen LogP contribution in [-0.2, 0) is 38.1 Å². The van der Waals surface area contributed by atoms with Crippen LogP contribution in [-0.4, -0.2) is 13.2 Å². The standard InChI is InChI=1S/C14H15O2.Y/c1-14-9-4-3-8-12(14)16-13-10(14)6-5-7-11(13)15-2;/h4-7,9,12H,1,3,8H2,2H3;/q-1;/t12-,14-;/m0./s1. The van der Waals surface area contributed by atoms with Gasteiger partial charge in [0.25, 0.3) is 0 Å². The van der Waals surface area contributed by atoms with E-state index in [4.69, 9.17) is 9.47 Å². The second-order valence-corrected chi connectivity index (χ2v) is 4.46. The van der Waals surface area contributed by atoms with Crippen LogP contribution in [0.2, 0.25) is 0 Å². The normalized spacial score (nSPS) is 28.7. The molecule has 1 heterocycles. The topological polar surface area (TPSA) is 18.5 Å². The van der Waals surface area contributed by atoms with Crippen molar-refractivity contribution < 1.29 is 42.2 Å². The second kappa shape index (κ2) is 4.74. The van der Waals surface area contributed by atoms with Gasteiger partial charge in [0.05, 0.1) is 13.2 Å². The van der Waals surface area contributed by atoms with Gasteiger partial charge in [-0.15, -0.1) is 6.08 Å². The predicted molar refractivity (Wildman–Crippen MR) is 62.8 cm³/mol. The SMILES string of the molecule is [CH2-][C@@]12C=CCC[C@@H]1Oc1c(OC)cccc12.[Y]. The van der Waals surface area contributed by atoms with Crippen LogP contribution in [0.5, 0.6) is 11.5 Å². The van der Waals surface area contributed by atoms with Gasteiger partial charge < -0.3 is 16.4 Å². The number of benzene rings is 1. The van der Waals surface area contributed by atoms with E-state index in [0.29, 0.717) is 0 Å². The first-order valence-corrected chi connectivity index (χ1v) is 5.63. The minimum absolute atomic E-state index is 0. The zero-order valence-corrected chi connectivity index (χ0v) is 12.8. The van der Waals surface area contributed by atoms with Gasteiger partial charge >= 0.3 is 0 Å². The number of hydrogen-bond donors (Lipinski definition) is 0. The number of hydrogen-bond acceptors (Lipinski definition) is 2. The molecule has 0 saturated heterocycles. The van der Waals surface area contributed by atoms with Gasteiger partial charge in [-0.25, -0.2) is 0 Å². The Morgan fingerprint density at radius 3 is 3.06 bits per heavy atom. The maximum atomic E-state index is 6.00. The number of allylic oxidation sites excluding steroid dienone is 1. The zero-order valence-electron chi connectivity index (χ0n) is 9.98. The number of ether oxygens (including phenoxy) is 2. The van der Waals surface area contributed by atoms with Gasteiger partial charge in [0, 0.05) is 32.7 Å². The van der Waals surface area contributed by atoms with Crippen molar-refractivity contribution in [3.05, 3.63) is 42.8 Å². The third-order valence-electron chi connectivity index (χ3n) is 3.55. The molecule has 0 saturated carbocycles. The third kappa shape index (κ3) is 1.86. The summed E-state index contributed by atoms with van der Waals surface area (Å²) in [5, 5.41) is 0. The molecule has 1 aromatic rings. The fourth-order valence-corrected chi connectivity index (χ4v) is 2.64. The molecule has 1 aliphatic carbocycles. The van der Waals surface area contributed by atoms with E-state index in [0.717, 1.165) is 29.9 Å². The first kappa shape index (κ1) is 13.1. The summed E-state index contributed by atoms with van der Waals surface area (Å²) in [6.45, 7) is 4.34. The van der Waals surface area contributed by atoms with Gasteiger partial charge in [-0.1, -0.05) is 23.6 Å². The Morgan fingerprint density at radius 2 is 2.29 bits per heavy atom. The summed E-state index contributed by atoms with van der Waals surface area (Å²) in [4.78, 5) is 0. The van der Waals surface area contributed by atoms with Crippen molar-refractivity contribution in [3.8, 4) is 11.5 Å². The van der Waals surface area contributed by atoms with Crippen molar-refractivity contribution >= 4 is 0 Å². The maximum Gasteiger partial charge on any atom is 0.163 e. The number of methoxy groups -OCH3 is 1. The maximum absolute atomic E-state index is 6.00. The van der Waals surface area contributed by atoms with Crippen LogP contribution in [0.1, 0.15) is 18.4 Å². The summed E-state index contributed by atoms with van der Waals surface area (Å²) in [7, 11) is 1.67. The minimum atomic E-state index is -0.220. The van der Waals surface area contributed by atoms with Crippen molar-refractivity contribution in [1.29, 1.82) is 0 Å². The van der Waals surface area contributed by atoms with Crippen molar-refractivity contribution in [1.82, 2.24) is 0 Å². The van der Waals surface area contributed by atoms with E-state index < -0.39 is 0 Å². The largest absolute Gasteiger partial charge is 0.493 e. The molecule has 1 radical (unpaired) electrons. The molecule has 1 aliphatic heterocycles. The molecule has 0 amide bonds. The molecule has 0 unspecified atom stereocenters. The Labute approximate surface area is 127 Å². The Balaban J connectivity index is 0.00000108. The first-order chi connectivity index (χ1) is 7.75. The average molecular weight is 304 g/mol. The smallest absolute Gasteiger partial charge is 0.163 e. The first-order valence-electron chi connectivity index (χ1n) is 5.63. The molecule has 3 heteroatoms. The second-order valence-electron chi connectivity index (χ2n) is 4.46. The van der Waals surface area contributed by atoms with E-state index >= 15 is 0 Å². The summed E-state index contributed by atoms with van der Waals surface area (Å²) in [6.07, 6.45) is 6.62. The minimum Gasteiger partial charge on any atom is -0.493 e. The summed E-state index contributed by atoms with van der Waals surface area (Å²) in [5.74, 6) is 1.68. The van der Waals surface area contributed by atoms with Crippen LogP contribution >= 0.6 is 0 Å². The molecule has 87 valence electrons. The molecule has 17 heavy (non-hydrogen) atoms. The molecule has 0 N–H and O–H groups in total. The predicted octanol–water partition coefficient (Wildman–Crippen LogP) is 2.88. The molecule has 0 aromatic heterocycles. The fourth-order valence-electron chi connectivity index (χ4n) is 2.64. The summed E-state index contributed by atoms with van der Waals surface area (Å²) in [5.41, 5.74) is 0.926. The van der Waals surface area contributed by atoms with E-state index in [9.17, 15) is 0 Å². The van der Waals surface area contributed by atoms with Gasteiger partial charge in [-0.05, 0) is 24.5 Å². The Bertz CT molecular complexity index is 456.